The van der Waals surface area contributed by atoms with Crippen LogP contribution in [0.2, 0.25) is 0 Å². The monoisotopic (exact) mass is 406 g/mol. The maximum Gasteiger partial charge on any atom is 0.460 e. The second-order valence-corrected chi connectivity index (χ2v) is 5.97. The molecule has 14 heteroatoms. The number of alkyl halides is 9. The number of methoxy groups -OCH3 is 1. The Balaban J connectivity index is 3.34. The van der Waals surface area contributed by atoms with Gasteiger partial charge in [0.05, 0.1) is 7.11 Å². The predicted molar refractivity (Wildman–Crippen MR) is 63.4 cm³/mol. The fraction of sp³-hybridized carbons (Fsp3) is 0.455. The SMILES string of the molecule is COc1cccc(OS(=O)(=O)C(F)(F)C(F)(F)C(F)(F)C(F)(F)F)c1. The van der Waals surface area contributed by atoms with E-state index in [0.29, 0.717) is 12.1 Å². The smallest absolute Gasteiger partial charge is 0.460 e. The van der Waals surface area contributed by atoms with E-state index >= 15 is 0 Å². The molecule has 0 fully saturated rings. The van der Waals surface area contributed by atoms with Crippen LogP contribution in [0.25, 0.3) is 0 Å². The zero-order valence-electron chi connectivity index (χ0n) is 11.8. The molecule has 0 saturated heterocycles. The molecule has 0 N–H and O–H groups in total. The molecular formula is C11H7F9O4S. The lowest BCUT2D eigenvalue weighted by molar-refractivity contribution is -0.382. The van der Waals surface area contributed by atoms with Gasteiger partial charge in [-0.3, -0.25) is 0 Å². The molecule has 0 bridgehead atoms. The third-order valence-corrected chi connectivity index (χ3v) is 3.97. The molecular weight excluding hydrogens is 399 g/mol. The first-order valence-electron chi connectivity index (χ1n) is 5.79. The van der Waals surface area contributed by atoms with Gasteiger partial charge < -0.3 is 8.92 Å². The Hall–Kier alpha value is -1.86. The molecule has 144 valence electrons. The van der Waals surface area contributed by atoms with Crippen LogP contribution in [0, 0.1) is 0 Å². The van der Waals surface area contributed by atoms with Crippen molar-refractivity contribution >= 4 is 10.1 Å². The summed E-state index contributed by atoms with van der Waals surface area (Å²) < 4.78 is 145. The highest BCUT2D eigenvalue weighted by atomic mass is 32.2. The van der Waals surface area contributed by atoms with Crippen molar-refractivity contribution in [2.24, 2.45) is 0 Å². The molecule has 0 saturated carbocycles. The van der Waals surface area contributed by atoms with Crippen LogP contribution < -0.4 is 8.92 Å². The average molecular weight is 406 g/mol. The second kappa shape index (κ2) is 6.14. The van der Waals surface area contributed by atoms with Crippen molar-refractivity contribution in [3.8, 4) is 11.5 Å². The molecule has 0 spiro atoms. The van der Waals surface area contributed by atoms with Gasteiger partial charge in [0, 0.05) is 6.07 Å². The molecule has 0 radical (unpaired) electrons. The number of halogens is 9. The van der Waals surface area contributed by atoms with Crippen molar-refractivity contribution in [2.75, 3.05) is 7.11 Å². The first-order chi connectivity index (χ1) is 11.0. The summed E-state index contributed by atoms with van der Waals surface area (Å²) in [4.78, 5) is 0. The number of hydrogen-bond donors (Lipinski definition) is 0. The van der Waals surface area contributed by atoms with Crippen molar-refractivity contribution in [2.45, 2.75) is 23.3 Å². The zero-order valence-corrected chi connectivity index (χ0v) is 12.6. The Morgan fingerprint density at radius 1 is 0.840 bits per heavy atom. The first kappa shape index (κ1) is 21.2. The fourth-order valence-corrected chi connectivity index (χ4v) is 2.25. The van der Waals surface area contributed by atoms with Gasteiger partial charge in [0.15, 0.2) is 0 Å². The summed E-state index contributed by atoms with van der Waals surface area (Å²) in [5.41, 5.74) is 0. The maximum absolute atomic E-state index is 13.4. The molecule has 25 heavy (non-hydrogen) atoms. The third-order valence-electron chi connectivity index (χ3n) is 2.68. The number of benzene rings is 1. The van der Waals surface area contributed by atoms with Crippen molar-refractivity contribution in [3.05, 3.63) is 24.3 Å². The first-order valence-corrected chi connectivity index (χ1v) is 7.20. The molecule has 1 rings (SSSR count). The summed E-state index contributed by atoms with van der Waals surface area (Å²) in [7, 11) is -5.92. The normalized spacial score (nSPS) is 14.3. The van der Waals surface area contributed by atoms with Gasteiger partial charge in [-0.05, 0) is 12.1 Å². The predicted octanol–water partition coefficient (Wildman–Crippen LogP) is 3.83. The lowest BCUT2D eigenvalue weighted by Gasteiger charge is -2.32. The highest BCUT2D eigenvalue weighted by Crippen LogP contribution is 2.54. The molecule has 0 aliphatic heterocycles. The van der Waals surface area contributed by atoms with E-state index in [1.807, 2.05) is 0 Å². The molecule has 0 aliphatic carbocycles. The van der Waals surface area contributed by atoms with E-state index in [2.05, 4.69) is 8.92 Å². The minimum atomic E-state index is -7.35. The van der Waals surface area contributed by atoms with Gasteiger partial charge >= 0.3 is 33.4 Å². The van der Waals surface area contributed by atoms with Crippen LogP contribution in [-0.4, -0.2) is 38.8 Å². The molecule has 1 aromatic carbocycles. The minimum Gasteiger partial charge on any atom is -0.497 e. The lowest BCUT2D eigenvalue weighted by Crippen LogP contribution is -2.63. The third kappa shape index (κ3) is 3.43. The molecule has 1 aromatic rings. The van der Waals surface area contributed by atoms with Crippen LogP contribution >= 0.6 is 0 Å². The van der Waals surface area contributed by atoms with E-state index in [9.17, 15) is 47.9 Å². The molecule has 0 aromatic heterocycles. The Kier molecular flexibility index (Phi) is 5.20. The van der Waals surface area contributed by atoms with Gasteiger partial charge in [0.1, 0.15) is 11.5 Å². The quantitative estimate of drug-likeness (QED) is 0.533. The number of hydrogen-bond acceptors (Lipinski definition) is 4. The van der Waals surface area contributed by atoms with Gasteiger partial charge in [-0.2, -0.15) is 47.9 Å². The molecule has 0 amide bonds. The Morgan fingerprint density at radius 2 is 1.32 bits per heavy atom. The fourth-order valence-electron chi connectivity index (χ4n) is 1.35. The second-order valence-electron chi connectivity index (χ2n) is 4.38. The Morgan fingerprint density at radius 3 is 1.76 bits per heavy atom. The molecule has 0 unspecified atom stereocenters. The average Bonchev–Trinajstić information content (AvgIpc) is 2.45. The van der Waals surface area contributed by atoms with Gasteiger partial charge in [-0.25, -0.2) is 0 Å². The summed E-state index contributed by atoms with van der Waals surface area (Å²) in [6.45, 7) is 0. The zero-order chi connectivity index (χ0) is 19.9. The molecule has 0 aliphatic rings. The summed E-state index contributed by atoms with van der Waals surface area (Å²) >= 11 is 0. The van der Waals surface area contributed by atoms with Crippen LogP contribution in [0.15, 0.2) is 24.3 Å². The van der Waals surface area contributed by atoms with Crippen LogP contribution in [-0.2, 0) is 10.1 Å². The van der Waals surface area contributed by atoms with Crippen molar-refractivity contribution in [1.82, 2.24) is 0 Å². The highest BCUT2D eigenvalue weighted by molar-refractivity contribution is 7.88. The van der Waals surface area contributed by atoms with E-state index in [-0.39, 0.29) is 5.75 Å². The van der Waals surface area contributed by atoms with Crippen molar-refractivity contribution < 1.29 is 56.9 Å². The van der Waals surface area contributed by atoms with E-state index in [1.165, 1.54) is 0 Å². The van der Waals surface area contributed by atoms with Gasteiger partial charge in [0.25, 0.3) is 0 Å². The summed E-state index contributed by atoms with van der Waals surface area (Å²) in [6.07, 6.45) is -7.15. The topological polar surface area (TPSA) is 52.6 Å². The highest BCUT2D eigenvalue weighted by Gasteiger charge is 2.86. The van der Waals surface area contributed by atoms with Crippen LogP contribution in [0.1, 0.15) is 0 Å². The summed E-state index contributed by atoms with van der Waals surface area (Å²) in [5.74, 6) is -16.0. The Labute approximate surface area is 134 Å². The molecule has 4 nitrogen and oxygen atoms in total. The number of ether oxygens (including phenoxy) is 1. The van der Waals surface area contributed by atoms with Gasteiger partial charge in [0.2, 0.25) is 0 Å². The van der Waals surface area contributed by atoms with Crippen molar-refractivity contribution in [1.29, 1.82) is 0 Å². The molecule has 0 atom stereocenters. The molecule has 0 heterocycles. The van der Waals surface area contributed by atoms with Crippen LogP contribution in [0.3, 0.4) is 0 Å². The largest absolute Gasteiger partial charge is 0.497 e. The van der Waals surface area contributed by atoms with E-state index in [4.69, 9.17) is 0 Å². The van der Waals surface area contributed by atoms with Crippen LogP contribution in [0.4, 0.5) is 39.5 Å². The standard InChI is InChI=1S/C11H7F9O4S/c1-23-6-3-2-4-7(5-6)24-25(21,22)11(19,20)9(14,15)8(12,13)10(16,17)18/h2-5H,1H3. The van der Waals surface area contributed by atoms with Crippen LogP contribution in [0.5, 0.6) is 11.5 Å². The van der Waals surface area contributed by atoms with Crippen molar-refractivity contribution in [3.63, 3.8) is 0 Å². The van der Waals surface area contributed by atoms with E-state index < -0.39 is 39.1 Å². The number of rotatable bonds is 6. The van der Waals surface area contributed by atoms with E-state index in [1.54, 1.807) is 0 Å². The Bertz CT molecular complexity index is 727. The van der Waals surface area contributed by atoms with E-state index in [0.717, 1.165) is 19.2 Å². The van der Waals surface area contributed by atoms with Gasteiger partial charge in [-0.15, -0.1) is 0 Å². The summed E-state index contributed by atoms with van der Waals surface area (Å²) in [6, 6.07) is 3.32. The van der Waals surface area contributed by atoms with Gasteiger partial charge in [-0.1, -0.05) is 6.07 Å². The summed E-state index contributed by atoms with van der Waals surface area (Å²) in [5, 5.41) is -6.91. The maximum atomic E-state index is 13.4. The lowest BCUT2D eigenvalue weighted by atomic mass is 10.1. The minimum absolute atomic E-state index is 0.205.